The fraction of sp³-hybridized carbons (Fsp3) is 0.130. The van der Waals surface area contributed by atoms with Gasteiger partial charge in [0.05, 0.1) is 11.2 Å². The van der Waals surface area contributed by atoms with Gasteiger partial charge in [0, 0.05) is 43.1 Å². The maximum absolute atomic E-state index is 6.08. The summed E-state index contributed by atoms with van der Waals surface area (Å²) in [5, 5.41) is 10.4. The second kappa shape index (κ2) is 24.7. The van der Waals surface area contributed by atoms with Crippen molar-refractivity contribution in [3.63, 3.8) is 0 Å². The van der Waals surface area contributed by atoms with Crippen LogP contribution in [0.25, 0.3) is 44.5 Å². The Morgan fingerprint density at radius 2 is 0.545 bits per heavy atom. The highest BCUT2D eigenvalue weighted by Gasteiger charge is 2.51. The van der Waals surface area contributed by atoms with Gasteiger partial charge < -0.3 is 25.3 Å². The van der Waals surface area contributed by atoms with Crippen LogP contribution in [-0.2, 0) is 9.31 Å². The zero-order valence-corrected chi connectivity index (χ0v) is 47.9. The second-order valence-electron chi connectivity index (χ2n) is 20.4. The van der Waals surface area contributed by atoms with Crippen LogP contribution >= 0.6 is 31.9 Å². The first kappa shape index (κ1) is 54.3. The predicted molar refractivity (Wildman–Crippen MR) is 336 cm³/mol. The van der Waals surface area contributed by atoms with Gasteiger partial charge in [-0.2, -0.15) is 0 Å². The van der Waals surface area contributed by atoms with Crippen LogP contribution in [0.1, 0.15) is 44.4 Å². The van der Waals surface area contributed by atoms with Crippen molar-refractivity contribution >= 4 is 78.6 Å². The molecule has 77 heavy (non-hydrogen) atoms. The van der Waals surface area contributed by atoms with E-state index in [0.717, 1.165) is 48.5 Å². The topological polar surface area (TPSA) is 54.5 Å². The number of rotatable bonds is 11. The standard InChI is InChI=1S/C38H32N2.C19H24BNO2.C12H8Br2/c1-27-11-19-31(20-12-27)39-33-23-15-29(16-24-33)35-7-3-5-9-37(35)38-10-6-4-8-36(38)30-17-25-34(26-18-30)40-32-21-13-28(2)14-22-32;1-14-6-10-16(11-7-14)21-17-12-8-15(9-13-17)20-22-18(2,3)19(4,5)23-20;13-11-7-3-1-5-9(11)10-6-2-4-8-12(10)14/h3-26,39-40H,1-2H3;6-13,21H,1-5H3;1-8H. The molecule has 384 valence electrons. The fourth-order valence-corrected chi connectivity index (χ4v) is 9.88. The van der Waals surface area contributed by atoms with Crippen LogP contribution in [-0.4, -0.2) is 18.3 Å². The van der Waals surface area contributed by atoms with Crippen molar-refractivity contribution in [1.82, 2.24) is 0 Å². The number of benzene rings is 10. The van der Waals surface area contributed by atoms with Gasteiger partial charge in [0.25, 0.3) is 0 Å². The lowest BCUT2D eigenvalue weighted by molar-refractivity contribution is 0.00578. The maximum atomic E-state index is 6.08. The lowest BCUT2D eigenvalue weighted by atomic mass is 9.79. The Labute approximate surface area is 473 Å². The van der Waals surface area contributed by atoms with Gasteiger partial charge in [-0.1, -0.05) is 206 Å². The van der Waals surface area contributed by atoms with E-state index in [1.54, 1.807) is 0 Å². The molecular weight excluding hydrogens is 1070 g/mol. The summed E-state index contributed by atoms with van der Waals surface area (Å²) in [7, 11) is -0.312. The molecule has 8 heteroatoms. The molecule has 1 fully saturated rings. The molecule has 0 bridgehead atoms. The Bertz CT molecular complexity index is 3340. The summed E-state index contributed by atoms with van der Waals surface area (Å²) in [6.07, 6.45) is 0. The Morgan fingerprint density at radius 3 is 0.844 bits per heavy atom. The van der Waals surface area contributed by atoms with E-state index >= 15 is 0 Å². The molecule has 5 nitrogen and oxygen atoms in total. The third-order valence-corrected chi connectivity index (χ3v) is 15.4. The van der Waals surface area contributed by atoms with Crippen molar-refractivity contribution in [3.8, 4) is 44.5 Å². The quantitative estimate of drug-likeness (QED) is 0.113. The van der Waals surface area contributed by atoms with Gasteiger partial charge in [-0.25, -0.2) is 0 Å². The summed E-state index contributed by atoms with van der Waals surface area (Å²) >= 11 is 7.09. The van der Waals surface area contributed by atoms with E-state index in [9.17, 15) is 0 Å². The third-order valence-electron chi connectivity index (χ3n) is 14.0. The van der Waals surface area contributed by atoms with Gasteiger partial charge in [-0.3, -0.25) is 0 Å². The van der Waals surface area contributed by atoms with E-state index in [-0.39, 0.29) is 18.3 Å². The van der Waals surface area contributed by atoms with Crippen LogP contribution in [0.15, 0.2) is 252 Å². The molecule has 0 unspecified atom stereocenters. The number of hydrogen-bond donors (Lipinski definition) is 3. The minimum atomic E-state index is -0.312. The molecule has 0 spiro atoms. The van der Waals surface area contributed by atoms with Gasteiger partial charge in [0.1, 0.15) is 0 Å². The van der Waals surface area contributed by atoms with E-state index in [2.05, 4.69) is 315 Å². The monoisotopic (exact) mass is 1140 g/mol. The van der Waals surface area contributed by atoms with Crippen LogP contribution in [0.4, 0.5) is 34.1 Å². The number of hydrogen-bond acceptors (Lipinski definition) is 5. The van der Waals surface area contributed by atoms with Crippen molar-refractivity contribution in [1.29, 1.82) is 0 Å². The predicted octanol–water partition coefficient (Wildman–Crippen LogP) is 19.7. The second-order valence-corrected chi connectivity index (χ2v) is 22.1. The van der Waals surface area contributed by atoms with E-state index in [4.69, 9.17) is 9.31 Å². The van der Waals surface area contributed by atoms with E-state index < -0.39 is 0 Å². The van der Waals surface area contributed by atoms with Gasteiger partial charge in [0.15, 0.2) is 0 Å². The Kier molecular flexibility index (Phi) is 17.4. The highest BCUT2D eigenvalue weighted by molar-refractivity contribution is 9.11. The summed E-state index contributed by atoms with van der Waals surface area (Å²) in [5.74, 6) is 0. The molecule has 0 amide bonds. The highest BCUT2D eigenvalue weighted by Crippen LogP contribution is 2.40. The lowest BCUT2D eigenvalue weighted by Gasteiger charge is -2.32. The fourth-order valence-electron chi connectivity index (χ4n) is 8.88. The Morgan fingerprint density at radius 1 is 0.299 bits per heavy atom. The number of aryl methyl sites for hydroxylation is 3. The molecule has 1 aliphatic heterocycles. The summed E-state index contributed by atoms with van der Waals surface area (Å²) in [6.45, 7) is 14.6. The van der Waals surface area contributed by atoms with E-state index in [0.29, 0.717) is 0 Å². The molecule has 0 atom stereocenters. The van der Waals surface area contributed by atoms with Crippen LogP contribution in [0, 0.1) is 20.8 Å². The first-order chi connectivity index (χ1) is 37.2. The Hall–Kier alpha value is -7.46. The SMILES string of the molecule is Brc1ccccc1-c1ccccc1Br.Cc1ccc(Nc2ccc(-c3ccccc3-c3ccccc3-c3ccc(Nc4ccc(C)cc4)cc3)cc2)cc1.Cc1ccc(Nc2ccc(B3OC(C)(C)C(C)(C)O3)cc2)cc1. The lowest BCUT2D eigenvalue weighted by Crippen LogP contribution is -2.41. The van der Waals surface area contributed by atoms with Gasteiger partial charge >= 0.3 is 7.12 Å². The van der Waals surface area contributed by atoms with Crippen molar-refractivity contribution < 1.29 is 9.31 Å². The molecule has 0 radical (unpaired) electrons. The summed E-state index contributed by atoms with van der Waals surface area (Å²) < 4.78 is 14.4. The molecule has 0 saturated carbocycles. The van der Waals surface area contributed by atoms with Crippen molar-refractivity contribution in [3.05, 3.63) is 268 Å². The van der Waals surface area contributed by atoms with Crippen LogP contribution in [0.2, 0.25) is 0 Å². The zero-order chi connectivity index (χ0) is 53.9. The molecular formula is C69H64BBr2N3O2. The minimum absolute atomic E-state index is 0.309. The molecule has 10 aromatic rings. The first-order valence-electron chi connectivity index (χ1n) is 26.0. The summed E-state index contributed by atoms with van der Waals surface area (Å²) in [5.41, 5.74) is 20.3. The van der Waals surface area contributed by atoms with E-state index in [1.807, 2.05) is 24.3 Å². The average molecular weight is 1140 g/mol. The van der Waals surface area contributed by atoms with Gasteiger partial charge in [-0.15, -0.1) is 0 Å². The van der Waals surface area contributed by atoms with Gasteiger partial charge in [0.2, 0.25) is 0 Å². The minimum Gasteiger partial charge on any atom is -0.399 e. The third kappa shape index (κ3) is 13.9. The smallest absolute Gasteiger partial charge is 0.399 e. The number of nitrogens with one attached hydrogen (secondary N) is 3. The molecule has 0 aliphatic carbocycles. The molecule has 11 rings (SSSR count). The molecule has 0 aromatic heterocycles. The average Bonchev–Trinajstić information content (AvgIpc) is 3.74. The molecule has 3 N–H and O–H groups in total. The zero-order valence-electron chi connectivity index (χ0n) is 44.7. The van der Waals surface area contributed by atoms with Gasteiger partial charge in [-0.05, 0) is 183 Å². The number of anilines is 6. The normalized spacial score (nSPS) is 13.1. The first-order valence-corrected chi connectivity index (χ1v) is 27.6. The summed E-state index contributed by atoms with van der Waals surface area (Å²) in [4.78, 5) is 0. The van der Waals surface area contributed by atoms with Crippen LogP contribution in [0.5, 0.6) is 0 Å². The van der Waals surface area contributed by atoms with Crippen LogP contribution in [0.3, 0.4) is 0 Å². The van der Waals surface area contributed by atoms with Crippen LogP contribution < -0.4 is 21.4 Å². The van der Waals surface area contributed by atoms with Crippen molar-refractivity contribution in [2.24, 2.45) is 0 Å². The summed E-state index contributed by atoms with van der Waals surface area (Å²) in [6, 6.07) is 84.7. The molecule has 1 saturated heterocycles. The highest BCUT2D eigenvalue weighted by atomic mass is 79.9. The van der Waals surface area contributed by atoms with Crippen molar-refractivity contribution in [2.45, 2.75) is 59.7 Å². The maximum Gasteiger partial charge on any atom is 0.494 e. The van der Waals surface area contributed by atoms with E-state index in [1.165, 1.54) is 61.2 Å². The molecule has 1 aliphatic rings. The van der Waals surface area contributed by atoms with Crippen molar-refractivity contribution in [2.75, 3.05) is 16.0 Å². The largest absolute Gasteiger partial charge is 0.494 e. The Balaban J connectivity index is 0.000000163. The molecule has 1 heterocycles. The number of halogens is 2. The molecule has 10 aromatic carbocycles.